The van der Waals surface area contributed by atoms with Crippen LogP contribution in [0.4, 0.5) is 9.18 Å². The Balaban J connectivity index is 1.68. The van der Waals surface area contributed by atoms with Crippen molar-refractivity contribution in [3.05, 3.63) is 92.2 Å². The summed E-state index contributed by atoms with van der Waals surface area (Å²) in [6, 6.07) is 11.6. The number of halogens is 2. The highest BCUT2D eigenvalue weighted by Gasteiger charge is 2.34. The number of carbonyl (C=O) groups is 2. The molecule has 0 spiro atoms. The number of hydrogen-bond acceptors (Lipinski definition) is 4. The standard InChI is InChI=1S/C22H18ClFN4O4/c1-32-12-19-17(20(29)28(26-19)16-7-5-14(23)6-8-16)10-18-21(30)27(22(31)25-18)11-13-3-2-4-15(24)9-13/h2-10,26H,11-12H2,1H3,(H,25,31)/b18-10-. The van der Waals surface area contributed by atoms with Crippen molar-refractivity contribution in [2.24, 2.45) is 0 Å². The van der Waals surface area contributed by atoms with Gasteiger partial charge in [0, 0.05) is 12.1 Å². The molecule has 3 aromatic rings. The molecule has 2 aromatic carbocycles. The van der Waals surface area contributed by atoms with E-state index in [0.717, 1.165) is 4.90 Å². The topological polar surface area (TPSA) is 96.4 Å². The number of rotatable bonds is 6. The third-order valence-electron chi connectivity index (χ3n) is 4.86. The van der Waals surface area contributed by atoms with Crippen LogP contribution in [0, 0.1) is 5.82 Å². The Morgan fingerprint density at radius 1 is 1.12 bits per heavy atom. The summed E-state index contributed by atoms with van der Waals surface area (Å²) >= 11 is 5.92. The summed E-state index contributed by atoms with van der Waals surface area (Å²) in [5.74, 6) is -1.09. The molecule has 0 unspecified atom stereocenters. The molecule has 32 heavy (non-hydrogen) atoms. The van der Waals surface area contributed by atoms with Crippen LogP contribution in [0.3, 0.4) is 0 Å². The Bertz CT molecular complexity index is 1280. The van der Waals surface area contributed by atoms with Crippen molar-refractivity contribution < 1.29 is 18.7 Å². The van der Waals surface area contributed by atoms with Crippen molar-refractivity contribution in [1.82, 2.24) is 20.0 Å². The highest BCUT2D eigenvalue weighted by Crippen LogP contribution is 2.19. The number of amides is 3. The van der Waals surface area contributed by atoms with Crippen LogP contribution in [-0.4, -0.2) is 33.7 Å². The molecule has 3 amide bonds. The Morgan fingerprint density at radius 3 is 2.56 bits per heavy atom. The van der Waals surface area contributed by atoms with Crippen molar-refractivity contribution in [2.45, 2.75) is 13.2 Å². The monoisotopic (exact) mass is 456 g/mol. The summed E-state index contributed by atoms with van der Waals surface area (Å²) < 4.78 is 19.9. The molecule has 0 bridgehead atoms. The van der Waals surface area contributed by atoms with Gasteiger partial charge in [-0.25, -0.2) is 13.9 Å². The van der Waals surface area contributed by atoms with Crippen LogP contribution >= 0.6 is 11.6 Å². The number of urea groups is 1. The van der Waals surface area contributed by atoms with E-state index in [1.54, 1.807) is 30.3 Å². The van der Waals surface area contributed by atoms with Crippen molar-refractivity contribution >= 4 is 29.6 Å². The first-order chi connectivity index (χ1) is 15.4. The van der Waals surface area contributed by atoms with Crippen LogP contribution in [0.2, 0.25) is 5.02 Å². The number of aromatic amines is 1. The lowest BCUT2D eigenvalue weighted by atomic mass is 10.2. The molecule has 10 heteroatoms. The van der Waals surface area contributed by atoms with Gasteiger partial charge in [-0.3, -0.25) is 19.6 Å². The molecule has 0 radical (unpaired) electrons. The molecule has 0 atom stereocenters. The number of nitrogens with zero attached hydrogens (tertiary/aromatic N) is 2. The molecule has 0 saturated carbocycles. The fourth-order valence-corrected chi connectivity index (χ4v) is 3.47. The SMILES string of the molecule is COCc1[nH]n(-c2ccc(Cl)cc2)c(=O)c1/C=C1\NC(=O)N(Cc2cccc(F)c2)C1=O. The number of nitrogens with one attached hydrogen (secondary N) is 2. The van der Waals surface area contributed by atoms with Crippen molar-refractivity contribution in [1.29, 1.82) is 0 Å². The maximum absolute atomic E-state index is 13.5. The highest BCUT2D eigenvalue weighted by molar-refractivity contribution is 6.30. The van der Waals surface area contributed by atoms with Crippen molar-refractivity contribution in [3.63, 3.8) is 0 Å². The third kappa shape index (κ3) is 4.20. The first-order valence-corrected chi connectivity index (χ1v) is 9.93. The van der Waals surface area contributed by atoms with E-state index < -0.39 is 23.3 Å². The first-order valence-electron chi connectivity index (χ1n) is 9.55. The average molecular weight is 457 g/mol. The van der Waals surface area contributed by atoms with Gasteiger partial charge in [0.25, 0.3) is 11.5 Å². The second-order valence-electron chi connectivity index (χ2n) is 7.06. The summed E-state index contributed by atoms with van der Waals surface area (Å²) in [5, 5.41) is 5.95. The van der Waals surface area contributed by atoms with Gasteiger partial charge in [-0.2, -0.15) is 0 Å². The second-order valence-corrected chi connectivity index (χ2v) is 7.50. The highest BCUT2D eigenvalue weighted by atomic mass is 35.5. The van der Waals surface area contributed by atoms with E-state index in [2.05, 4.69) is 10.4 Å². The number of H-pyrrole nitrogens is 1. The van der Waals surface area contributed by atoms with Gasteiger partial charge in [-0.15, -0.1) is 0 Å². The zero-order chi connectivity index (χ0) is 22.8. The van der Waals surface area contributed by atoms with Crippen molar-refractivity contribution in [3.8, 4) is 5.69 Å². The predicted octanol–water partition coefficient (Wildman–Crippen LogP) is 3.20. The smallest absolute Gasteiger partial charge is 0.329 e. The number of carbonyl (C=O) groups excluding carboxylic acids is 2. The van der Waals surface area contributed by atoms with Crippen molar-refractivity contribution in [2.75, 3.05) is 7.11 Å². The molecule has 8 nitrogen and oxygen atoms in total. The Kier molecular flexibility index (Phi) is 5.93. The minimum atomic E-state index is -0.660. The number of benzene rings is 2. The molecule has 1 aromatic heterocycles. The number of methoxy groups -OCH3 is 1. The van der Waals surface area contributed by atoms with Gasteiger partial charge in [0.15, 0.2) is 0 Å². The van der Waals surface area contributed by atoms with Crippen LogP contribution in [0.25, 0.3) is 11.8 Å². The third-order valence-corrected chi connectivity index (χ3v) is 5.11. The lowest BCUT2D eigenvalue weighted by molar-refractivity contribution is -0.123. The second kappa shape index (κ2) is 8.81. The lowest BCUT2D eigenvalue weighted by Gasteiger charge is -2.11. The van der Waals surface area contributed by atoms with Gasteiger partial charge in [-0.1, -0.05) is 23.7 Å². The van der Waals surface area contributed by atoms with E-state index in [9.17, 15) is 18.8 Å². The summed E-state index contributed by atoms with van der Waals surface area (Å²) in [5.41, 5.74) is 1.08. The molecule has 1 aliphatic heterocycles. The van der Waals surface area contributed by atoms with Gasteiger partial charge in [-0.05, 0) is 48.0 Å². The number of hydrogen-bond donors (Lipinski definition) is 2. The normalized spacial score (nSPS) is 15.0. The minimum absolute atomic E-state index is 0.0666. The van der Waals surface area contributed by atoms with Crippen LogP contribution in [0.15, 0.2) is 59.0 Å². The molecule has 0 aliphatic carbocycles. The fraction of sp³-hybridized carbons (Fsp3) is 0.136. The first kappa shape index (κ1) is 21.5. The summed E-state index contributed by atoms with van der Waals surface area (Å²) in [6.07, 6.45) is 1.31. The molecule has 164 valence electrons. The van der Waals surface area contributed by atoms with Crippen LogP contribution in [-0.2, 0) is 22.7 Å². The maximum atomic E-state index is 13.5. The van der Waals surface area contributed by atoms with Crippen LogP contribution < -0.4 is 10.9 Å². The van der Waals surface area contributed by atoms with Crippen LogP contribution in [0.1, 0.15) is 16.8 Å². The zero-order valence-electron chi connectivity index (χ0n) is 16.9. The summed E-state index contributed by atoms with van der Waals surface area (Å²) in [4.78, 5) is 39.2. The van der Waals surface area contributed by atoms with E-state index in [4.69, 9.17) is 16.3 Å². The molecule has 1 saturated heterocycles. The summed E-state index contributed by atoms with van der Waals surface area (Å²) in [6.45, 7) is -0.0308. The molecular weight excluding hydrogens is 439 g/mol. The Hall–Kier alpha value is -3.69. The average Bonchev–Trinajstić information content (AvgIpc) is 3.20. The van der Waals surface area contributed by atoms with E-state index in [0.29, 0.717) is 22.0 Å². The van der Waals surface area contributed by atoms with E-state index in [1.165, 1.54) is 36.1 Å². The minimum Gasteiger partial charge on any atom is -0.378 e. The Labute approximate surface area is 186 Å². The van der Waals surface area contributed by atoms with E-state index >= 15 is 0 Å². The zero-order valence-corrected chi connectivity index (χ0v) is 17.6. The predicted molar refractivity (Wildman–Crippen MR) is 116 cm³/mol. The number of imide groups is 1. The fourth-order valence-electron chi connectivity index (χ4n) is 3.35. The van der Waals surface area contributed by atoms with E-state index in [1.807, 2.05) is 0 Å². The van der Waals surface area contributed by atoms with Gasteiger partial charge >= 0.3 is 6.03 Å². The van der Waals surface area contributed by atoms with Gasteiger partial charge in [0.05, 0.1) is 30.1 Å². The Morgan fingerprint density at radius 2 is 1.88 bits per heavy atom. The maximum Gasteiger partial charge on any atom is 0.329 e. The van der Waals surface area contributed by atoms with Crippen LogP contribution in [0.5, 0.6) is 0 Å². The molecule has 1 aliphatic rings. The number of aromatic nitrogens is 2. The largest absolute Gasteiger partial charge is 0.378 e. The quantitative estimate of drug-likeness (QED) is 0.440. The van der Waals surface area contributed by atoms with Gasteiger partial charge in [0.1, 0.15) is 11.5 Å². The van der Waals surface area contributed by atoms with Gasteiger partial charge in [0.2, 0.25) is 0 Å². The van der Waals surface area contributed by atoms with E-state index in [-0.39, 0.29) is 24.4 Å². The molecular formula is C22H18ClFN4O4. The summed E-state index contributed by atoms with van der Waals surface area (Å²) in [7, 11) is 1.47. The molecule has 2 heterocycles. The lowest BCUT2D eigenvalue weighted by Crippen LogP contribution is -2.30. The molecule has 1 fully saturated rings. The molecule has 4 rings (SSSR count). The number of ether oxygens (including phenoxy) is 1. The molecule has 2 N–H and O–H groups in total. The van der Waals surface area contributed by atoms with Gasteiger partial charge < -0.3 is 10.1 Å².